The maximum Gasteiger partial charge on any atom is 0.295 e. The van der Waals surface area contributed by atoms with Crippen LogP contribution in [0.1, 0.15) is 23.6 Å². The number of hydrogen-bond donors (Lipinski definition) is 1. The van der Waals surface area contributed by atoms with Gasteiger partial charge in [0.15, 0.2) is 0 Å². The van der Waals surface area contributed by atoms with Crippen LogP contribution in [0.25, 0.3) is 5.76 Å². The van der Waals surface area contributed by atoms with Crippen molar-refractivity contribution < 1.29 is 24.2 Å². The van der Waals surface area contributed by atoms with Crippen LogP contribution in [-0.2, 0) is 14.3 Å². The van der Waals surface area contributed by atoms with Crippen LogP contribution in [0.3, 0.4) is 0 Å². The molecule has 1 heterocycles. The fraction of sp³-hybridized carbons (Fsp3) is 0.273. The molecule has 1 fully saturated rings. The van der Waals surface area contributed by atoms with Gasteiger partial charge >= 0.3 is 0 Å². The molecule has 1 amide bonds. The fourth-order valence-corrected chi connectivity index (χ4v) is 3.73. The van der Waals surface area contributed by atoms with Gasteiger partial charge < -0.3 is 19.5 Å². The zero-order chi connectivity index (χ0) is 21.8. The van der Waals surface area contributed by atoms with E-state index >= 15 is 0 Å². The average Bonchev–Trinajstić information content (AvgIpc) is 3.00. The number of halogens is 2. The number of rotatable bonds is 7. The maximum absolute atomic E-state index is 12.9. The van der Waals surface area contributed by atoms with Gasteiger partial charge in [0.2, 0.25) is 0 Å². The van der Waals surface area contributed by atoms with Crippen LogP contribution < -0.4 is 4.74 Å². The van der Waals surface area contributed by atoms with E-state index in [4.69, 9.17) is 32.7 Å². The maximum atomic E-state index is 12.9. The summed E-state index contributed by atoms with van der Waals surface area (Å²) in [5.41, 5.74) is 0.979. The summed E-state index contributed by atoms with van der Waals surface area (Å²) in [5, 5.41) is 11.6. The Balaban J connectivity index is 2.12. The number of Topliss-reactive ketones (excluding diaryl/α,β-unsaturated/α-hetero) is 1. The second-order valence-electron chi connectivity index (χ2n) is 6.74. The first-order valence-corrected chi connectivity index (χ1v) is 10.0. The van der Waals surface area contributed by atoms with E-state index in [1.807, 2.05) is 0 Å². The Morgan fingerprint density at radius 3 is 2.37 bits per heavy atom. The molecule has 3 rings (SSSR count). The molecule has 8 heteroatoms. The van der Waals surface area contributed by atoms with Gasteiger partial charge in [-0.15, -0.1) is 0 Å². The second-order valence-corrected chi connectivity index (χ2v) is 7.56. The lowest BCUT2D eigenvalue weighted by atomic mass is 9.95. The van der Waals surface area contributed by atoms with Crippen molar-refractivity contribution in [3.8, 4) is 5.75 Å². The van der Waals surface area contributed by atoms with Crippen molar-refractivity contribution in [1.29, 1.82) is 0 Å². The number of aliphatic hydroxyl groups is 1. The number of aliphatic hydroxyl groups excluding tert-OH is 1. The summed E-state index contributed by atoms with van der Waals surface area (Å²) in [6, 6.07) is 10.7. The van der Waals surface area contributed by atoms with Crippen molar-refractivity contribution >= 4 is 40.7 Å². The molecule has 1 saturated heterocycles. The molecule has 0 saturated carbocycles. The highest BCUT2D eigenvalue weighted by atomic mass is 35.5. The molecule has 1 aliphatic rings. The Bertz CT molecular complexity index is 988. The number of amides is 1. The highest BCUT2D eigenvalue weighted by Crippen LogP contribution is 2.41. The van der Waals surface area contributed by atoms with Gasteiger partial charge in [-0.05, 0) is 48.4 Å². The predicted molar refractivity (Wildman–Crippen MR) is 115 cm³/mol. The number of ketones is 1. The number of nitrogens with zero attached hydrogens (tertiary/aromatic N) is 1. The summed E-state index contributed by atoms with van der Waals surface area (Å²) in [5.74, 6) is -1.09. The standard InChI is InChI=1S/C22H21Cl2NO5/c1-29-11-3-10-25-19(14-6-9-16(23)17(24)12-14)18(21(27)22(25)28)20(26)13-4-7-15(30-2)8-5-13/h4-9,12,19,26H,3,10-11H2,1-2H3/t19-/m1/s1. The highest BCUT2D eigenvalue weighted by molar-refractivity contribution is 6.46. The van der Waals surface area contributed by atoms with Crippen molar-refractivity contribution in [3.63, 3.8) is 0 Å². The van der Waals surface area contributed by atoms with E-state index in [9.17, 15) is 14.7 Å². The number of carbonyl (C=O) groups excluding carboxylic acids is 2. The van der Waals surface area contributed by atoms with Gasteiger partial charge in [0, 0.05) is 25.8 Å². The summed E-state index contributed by atoms with van der Waals surface area (Å²) >= 11 is 12.2. The summed E-state index contributed by atoms with van der Waals surface area (Å²) in [4.78, 5) is 27.1. The molecule has 1 aliphatic heterocycles. The lowest BCUT2D eigenvalue weighted by Gasteiger charge is -2.25. The molecule has 1 N–H and O–H groups in total. The smallest absolute Gasteiger partial charge is 0.295 e. The molecule has 0 bridgehead atoms. The van der Waals surface area contributed by atoms with Crippen LogP contribution in [0.15, 0.2) is 48.0 Å². The number of hydrogen-bond acceptors (Lipinski definition) is 5. The molecule has 158 valence electrons. The minimum atomic E-state index is -0.793. The van der Waals surface area contributed by atoms with E-state index in [-0.39, 0.29) is 17.9 Å². The van der Waals surface area contributed by atoms with Crippen molar-refractivity contribution in [3.05, 3.63) is 69.2 Å². The Hall–Kier alpha value is -2.54. The van der Waals surface area contributed by atoms with E-state index < -0.39 is 17.7 Å². The first-order chi connectivity index (χ1) is 14.4. The molecule has 0 aliphatic carbocycles. The minimum Gasteiger partial charge on any atom is -0.507 e. The average molecular weight is 450 g/mol. The van der Waals surface area contributed by atoms with Crippen LogP contribution in [0.5, 0.6) is 5.75 Å². The Morgan fingerprint density at radius 2 is 1.77 bits per heavy atom. The Kier molecular flexibility index (Phi) is 7.02. The van der Waals surface area contributed by atoms with Crippen molar-refractivity contribution in [1.82, 2.24) is 4.90 Å². The molecule has 0 unspecified atom stereocenters. The molecule has 30 heavy (non-hydrogen) atoms. The van der Waals surface area contributed by atoms with Gasteiger partial charge in [0.25, 0.3) is 11.7 Å². The van der Waals surface area contributed by atoms with E-state index in [2.05, 4.69) is 0 Å². The van der Waals surface area contributed by atoms with E-state index in [0.29, 0.717) is 39.9 Å². The largest absolute Gasteiger partial charge is 0.507 e. The third kappa shape index (κ3) is 4.31. The molecule has 2 aromatic carbocycles. The third-order valence-corrected chi connectivity index (χ3v) is 5.65. The lowest BCUT2D eigenvalue weighted by molar-refractivity contribution is -0.140. The number of methoxy groups -OCH3 is 2. The summed E-state index contributed by atoms with van der Waals surface area (Å²) < 4.78 is 10.2. The van der Waals surface area contributed by atoms with Gasteiger partial charge in [-0.1, -0.05) is 29.3 Å². The van der Waals surface area contributed by atoms with E-state index in [1.165, 1.54) is 12.0 Å². The van der Waals surface area contributed by atoms with Crippen LogP contribution >= 0.6 is 23.2 Å². The quantitative estimate of drug-likeness (QED) is 0.292. The zero-order valence-electron chi connectivity index (χ0n) is 16.5. The van der Waals surface area contributed by atoms with Crippen molar-refractivity contribution in [2.24, 2.45) is 0 Å². The normalized spacial score (nSPS) is 18.1. The molecular weight excluding hydrogens is 429 g/mol. The Morgan fingerprint density at radius 1 is 1.07 bits per heavy atom. The number of likely N-dealkylation sites (tertiary alicyclic amines) is 1. The minimum absolute atomic E-state index is 0.000901. The topological polar surface area (TPSA) is 76.1 Å². The first kappa shape index (κ1) is 22.2. The Labute approximate surface area is 184 Å². The molecule has 0 radical (unpaired) electrons. The van der Waals surface area contributed by atoms with Crippen LogP contribution in [0, 0.1) is 0 Å². The second kappa shape index (κ2) is 9.51. The SMILES string of the molecule is COCCCN1C(=O)C(=O)C(=C(O)c2ccc(OC)cc2)[C@H]1c1ccc(Cl)c(Cl)c1. The van der Waals surface area contributed by atoms with Gasteiger partial charge in [0.05, 0.1) is 28.8 Å². The van der Waals surface area contributed by atoms with E-state index in [0.717, 1.165) is 0 Å². The monoisotopic (exact) mass is 449 g/mol. The van der Waals surface area contributed by atoms with Crippen molar-refractivity contribution in [2.45, 2.75) is 12.5 Å². The molecule has 2 aromatic rings. The summed E-state index contributed by atoms with van der Waals surface area (Å²) in [6.45, 7) is 0.707. The van der Waals surface area contributed by atoms with Crippen molar-refractivity contribution in [2.75, 3.05) is 27.4 Å². The van der Waals surface area contributed by atoms with Gasteiger partial charge in [-0.2, -0.15) is 0 Å². The molecule has 6 nitrogen and oxygen atoms in total. The molecule has 0 aromatic heterocycles. The number of benzene rings is 2. The summed E-state index contributed by atoms with van der Waals surface area (Å²) in [7, 11) is 3.10. The number of ether oxygens (including phenoxy) is 2. The van der Waals surface area contributed by atoms with Gasteiger partial charge in [-0.25, -0.2) is 0 Å². The van der Waals surface area contributed by atoms with Gasteiger partial charge in [-0.3, -0.25) is 9.59 Å². The number of carbonyl (C=O) groups is 2. The fourth-order valence-electron chi connectivity index (χ4n) is 3.42. The summed E-state index contributed by atoms with van der Waals surface area (Å²) in [6.07, 6.45) is 0.532. The van der Waals surface area contributed by atoms with Crippen LogP contribution in [0.2, 0.25) is 10.0 Å². The van der Waals surface area contributed by atoms with Gasteiger partial charge in [0.1, 0.15) is 11.5 Å². The molecular formula is C22H21Cl2NO5. The predicted octanol–water partition coefficient (Wildman–Crippen LogP) is 4.46. The third-order valence-electron chi connectivity index (χ3n) is 4.91. The van der Waals surface area contributed by atoms with Crippen LogP contribution in [-0.4, -0.2) is 49.1 Å². The first-order valence-electron chi connectivity index (χ1n) is 9.25. The van der Waals surface area contributed by atoms with E-state index in [1.54, 1.807) is 49.6 Å². The zero-order valence-corrected chi connectivity index (χ0v) is 18.0. The highest BCUT2D eigenvalue weighted by Gasteiger charge is 2.45. The molecule has 0 spiro atoms. The lowest BCUT2D eigenvalue weighted by Crippen LogP contribution is -2.31. The molecule has 1 atom stereocenters. The van der Waals surface area contributed by atoms with Crippen LogP contribution in [0.4, 0.5) is 0 Å².